The fourth-order valence-electron chi connectivity index (χ4n) is 5.37. The van der Waals surface area contributed by atoms with Gasteiger partial charge >= 0.3 is 12.2 Å². The third kappa shape index (κ3) is 10.7. The van der Waals surface area contributed by atoms with Crippen LogP contribution in [0.2, 0.25) is 0 Å². The molecule has 7 N–H and O–H groups in total. The number of rotatable bonds is 14. The van der Waals surface area contributed by atoms with E-state index in [2.05, 4.69) is 31.6 Å². The monoisotopic (exact) mass is 709 g/mol. The molecule has 0 spiro atoms. The summed E-state index contributed by atoms with van der Waals surface area (Å²) in [7, 11) is 0. The first kappa shape index (κ1) is 39.3. The summed E-state index contributed by atoms with van der Waals surface area (Å²) in [6.07, 6.45) is -1.63. The van der Waals surface area contributed by atoms with Gasteiger partial charge in [0, 0.05) is 36.7 Å². The van der Waals surface area contributed by atoms with E-state index < -0.39 is 28.9 Å². The predicted octanol–water partition coefficient (Wildman–Crippen LogP) is 5.13. The molecule has 1 unspecified atom stereocenters. The molecule has 15 heteroatoms. The summed E-state index contributed by atoms with van der Waals surface area (Å²) in [6.45, 7) is 12.1. The second-order valence-corrected chi connectivity index (χ2v) is 14.7. The van der Waals surface area contributed by atoms with Gasteiger partial charge in [-0.05, 0) is 56.9 Å². The number of carbonyl (C=O) groups is 5. The summed E-state index contributed by atoms with van der Waals surface area (Å²) in [5.74, 6) is -2.61. The minimum absolute atomic E-state index is 0.159. The Bertz CT molecular complexity index is 1660. The number of carboxylic acid groups (broad SMARTS) is 2. The number of hydrogen-bond donors (Lipinski definition) is 7. The molecule has 270 valence electrons. The largest absolute Gasteiger partial charge is 0.465 e. The maximum Gasteiger partial charge on any atom is 0.411 e. The number of nitrogens with zero attached hydrogens (tertiary/aromatic N) is 2. The van der Waals surface area contributed by atoms with Gasteiger partial charge in [-0.2, -0.15) is 0 Å². The first-order chi connectivity index (χ1) is 23.3. The normalized spacial score (nSPS) is 12.6. The number of aromatic nitrogens is 1. The molecule has 0 fully saturated rings. The molecule has 0 aliphatic carbocycles. The maximum atomic E-state index is 13.2. The highest BCUT2D eigenvalue weighted by molar-refractivity contribution is 7.17. The van der Waals surface area contributed by atoms with Gasteiger partial charge in [0.05, 0.1) is 12.1 Å². The van der Waals surface area contributed by atoms with Gasteiger partial charge in [0.2, 0.25) is 17.6 Å². The average molecular weight is 710 g/mol. The zero-order valence-corrected chi connectivity index (χ0v) is 30.3. The number of thiazole rings is 1. The highest BCUT2D eigenvalue weighted by Crippen LogP contribution is 2.39. The van der Waals surface area contributed by atoms with E-state index >= 15 is 0 Å². The summed E-state index contributed by atoms with van der Waals surface area (Å²) in [6, 6.07) is 16.4. The van der Waals surface area contributed by atoms with Crippen LogP contribution in [0.1, 0.15) is 75.0 Å². The quantitative estimate of drug-likeness (QED) is 0.0875. The van der Waals surface area contributed by atoms with Crippen LogP contribution >= 0.6 is 11.3 Å². The Balaban J connectivity index is 1.73. The van der Waals surface area contributed by atoms with Crippen LogP contribution in [0.15, 0.2) is 54.6 Å². The Labute approximate surface area is 296 Å². The lowest BCUT2D eigenvalue weighted by molar-refractivity contribution is -0.120. The summed E-state index contributed by atoms with van der Waals surface area (Å²) >= 11 is 1.06. The maximum absolute atomic E-state index is 13.2. The number of aryl methyl sites for hydroxylation is 2. The van der Waals surface area contributed by atoms with Gasteiger partial charge in [-0.3, -0.25) is 24.6 Å². The van der Waals surface area contributed by atoms with Crippen molar-refractivity contribution in [2.24, 2.45) is 5.41 Å². The van der Waals surface area contributed by atoms with Gasteiger partial charge in [0.25, 0.3) is 5.91 Å². The summed E-state index contributed by atoms with van der Waals surface area (Å²) < 4.78 is 0. The van der Waals surface area contributed by atoms with Crippen LogP contribution in [-0.2, 0) is 28.9 Å². The van der Waals surface area contributed by atoms with Crippen molar-refractivity contribution in [2.45, 2.75) is 79.1 Å². The van der Waals surface area contributed by atoms with E-state index in [0.29, 0.717) is 34.2 Å². The molecule has 1 aromatic heterocycles. The van der Waals surface area contributed by atoms with Crippen molar-refractivity contribution in [3.05, 3.63) is 76.3 Å². The number of hydrogen-bond acceptors (Lipinski definition) is 8. The van der Waals surface area contributed by atoms with Crippen LogP contribution in [0, 0.1) is 5.41 Å². The van der Waals surface area contributed by atoms with Crippen molar-refractivity contribution in [3.8, 4) is 0 Å². The lowest BCUT2D eigenvalue weighted by Crippen LogP contribution is -2.76. The van der Waals surface area contributed by atoms with E-state index in [1.54, 1.807) is 53.7 Å². The molecule has 0 saturated carbocycles. The number of anilines is 2. The van der Waals surface area contributed by atoms with Crippen LogP contribution in [0.5, 0.6) is 0 Å². The van der Waals surface area contributed by atoms with E-state index in [4.69, 9.17) is 0 Å². The molecule has 50 heavy (non-hydrogen) atoms. The van der Waals surface area contributed by atoms with Gasteiger partial charge in [0.15, 0.2) is 5.13 Å². The van der Waals surface area contributed by atoms with E-state index in [1.807, 2.05) is 42.5 Å². The summed E-state index contributed by atoms with van der Waals surface area (Å²) in [5.41, 5.74) is 0.792. The second kappa shape index (κ2) is 16.5. The second-order valence-electron chi connectivity index (χ2n) is 13.7. The van der Waals surface area contributed by atoms with Crippen LogP contribution in [0.3, 0.4) is 0 Å². The van der Waals surface area contributed by atoms with Crippen LogP contribution in [0.4, 0.5) is 20.4 Å². The average Bonchev–Trinajstić information content (AvgIpc) is 3.39. The first-order valence-electron chi connectivity index (χ1n) is 16.1. The molecule has 2 aromatic carbocycles. The Morgan fingerprint density at radius 3 is 1.98 bits per heavy atom. The molecule has 14 nitrogen and oxygen atoms in total. The third-order valence-corrected chi connectivity index (χ3v) is 8.64. The van der Waals surface area contributed by atoms with Crippen molar-refractivity contribution in [1.82, 2.24) is 25.8 Å². The Kier molecular flexibility index (Phi) is 12.9. The number of benzene rings is 2. The Morgan fingerprint density at radius 2 is 1.44 bits per heavy atom. The van der Waals surface area contributed by atoms with E-state index in [1.165, 1.54) is 6.92 Å². The van der Waals surface area contributed by atoms with Crippen molar-refractivity contribution in [3.63, 3.8) is 0 Å². The highest BCUT2D eigenvalue weighted by Gasteiger charge is 2.54. The van der Waals surface area contributed by atoms with Gasteiger partial charge in [-0.1, -0.05) is 74.6 Å². The zero-order chi connectivity index (χ0) is 37.3. The molecule has 0 aliphatic heterocycles. The number of amides is 5. The van der Waals surface area contributed by atoms with Gasteiger partial charge < -0.3 is 31.5 Å². The third-order valence-electron chi connectivity index (χ3n) is 7.63. The molecule has 1 atom stereocenters. The van der Waals surface area contributed by atoms with E-state index in [0.717, 1.165) is 27.4 Å². The SMILES string of the molecule is CC(=O)Nc1nc(CCc2ccc(NC(NC(=O)O)(N(C(=O)O)C(C)(C)C)C(C)(C)C)cc2)c(C(=O)NCCNC(=O)Cc2ccccc2)s1. The van der Waals surface area contributed by atoms with Crippen molar-refractivity contribution in [2.75, 3.05) is 23.7 Å². The standard InChI is InChI=1S/C35H47N7O7S/c1-22(43)38-30-39-26(28(50-30)29(45)37-20-19-36-27(44)21-24-11-9-8-10-12-24)18-15-23-13-16-25(17-14-23)40-35(33(2,3)4,41-31(46)47)42(32(48)49)34(5,6)7/h8-14,16-17,40-41H,15,18-21H2,1-7H3,(H,36,44)(H,37,45)(H,46,47)(H,48,49)(H,38,39,43). The minimum atomic E-state index is -1.75. The minimum Gasteiger partial charge on any atom is -0.465 e. The van der Waals surface area contributed by atoms with Crippen molar-refractivity contribution >= 4 is 52.1 Å². The lowest BCUT2D eigenvalue weighted by Gasteiger charge is -2.55. The summed E-state index contributed by atoms with van der Waals surface area (Å²) in [4.78, 5) is 67.6. The lowest BCUT2D eigenvalue weighted by atomic mass is 9.82. The topological polar surface area (TPSA) is 202 Å². The summed E-state index contributed by atoms with van der Waals surface area (Å²) in [5, 5.41) is 34.2. The van der Waals surface area contributed by atoms with Gasteiger partial charge in [0.1, 0.15) is 4.88 Å². The van der Waals surface area contributed by atoms with E-state index in [-0.39, 0.29) is 37.2 Å². The fraction of sp³-hybridized carbons (Fsp3) is 0.429. The van der Waals surface area contributed by atoms with Crippen LogP contribution < -0.4 is 26.6 Å². The number of carbonyl (C=O) groups excluding carboxylic acids is 3. The fourth-order valence-corrected chi connectivity index (χ4v) is 6.35. The molecule has 3 rings (SSSR count). The zero-order valence-electron chi connectivity index (χ0n) is 29.5. The first-order valence-corrected chi connectivity index (χ1v) is 16.9. The number of nitrogens with one attached hydrogen (secondary N) is 5. The Hall–Kier alpha value is -5.18. The Morgan fingerprint density at radius 1 is 0.820 bits per heavy atom. The molecule has 0 radical (unpaired) electrons. The van der Waals surface area contributed by atoms with Gasteiger partial charge in [-0.15, -0.1) is 0 Å². The molecule has 0 saturated heterocycles. The van der Waals surface area contributed by atoms with Crippen LogP contribution in [-0.4, -0.2) is 74.4 Å². The molecular weight excluding hydrogens is 662 g/mol. The molecular formula is C35H47N7O7S. The molecule has 0 bridgehead atoms. The molecule has 5 amide bonds. The molecule has 3 aromatic rings. The highest BCUT2D eigenvalue weighted by atomic mass is 32.1. The smallest absolute Gasteiger partial charge is 0.411 e. The van der Waals surface area contributed by atoms with Crippen LogP contribution in [0.25, 0.3) is 0 Å². The molecule has 1 heterocycles. The van der Waals surface area contributed by atoms with Crippen molar-refractivity contribution < 1.29 is 34.2 Å². The van der Waals surface area contributed by atoms with Crippen molar-refractivity contribution in [1.29, 1.82) is 0 Å². The van der Waals surface area contributed by atoms with E-state index in [9.17, 15) is 34.2 Å². The molecule has 0 aliphatic rings. The van der Waals surface area contributed by atoms with Gasteiger partial charge in [-0.25, -0.2) is 14.6 Å². The predicted molar refractivity (Wildman–Crippen MR) is 192 cm³/mol.